The Kier molecular flexibility index (Phi) is 5.79. The van der Waals surface area contributed by atoms with Crippen LogP contribution in [0.5, 0.6) is 0 Å². The fourth-order valence-corrected chi connectivity index (χ4v) is 0.426. The van der Waals surface area contributed by atoms with Crippen LogP contribution in [-0.2, 0) is 4.79 Å². The fraction of sp³-hybridized carbons (Fsp3) is 0.286. The van der Waals surface area contributed by atoms with Gasteiger partial charge in [-0.15, -0.1) is 0 Å². The molecule has 1 rings (SSSR count). The Morgan fingerprint density at radius 2 is 1.91 bits per heavy atom. The molecular weight excluding hydrogens is 142 g/mol. The first-order valence-corrected chi connectivity index (χ1v) is 3.40. The normalized spacial score (nSPS) is 7.45. The Bertz CT molecular complexity index is 188. The Balaban J connectivity index is 0.000000461. The minimum Gasteiger partial charge on any atom is -0.297 e. The maximum Gasteiger partial charge on any atom is 0.229 e. The summed E-state index contributed by atoms with van der Waals surface area (Å²) >= 11 is 0. The fourth-order valence-electron chi connectivity index (χ4n) is 0.426. The van der Waals surface area contributed by atoms with Gasteiger partial charge < -0.3 is 0 Å². The maximum atomic E-state index is 9.78. The summed E-state index contributed by atoms with van der Waals surface area (Å²) in [5, 5.41) is 2.30. The number of hydrogen-bond acceptors (Lipinski definition) is 3. The van der Waals surface area contributed by atoms with E-state index >= 15 is 0 Å². The lowest BCUT2D eigenvalue weighted by molar-refractivity contribution is -0.105. The molecule has 0 bridgehead atoms. The van der Waals surface area contributed by atoms with Gasteiger partial charge in [0.25, 0.3) is 0 Å². The van der Waals surface area contributed by atoms with Gasteiger partial charge >= 0.3 is 0 Å². The number of carbonyl (C=O) groups is 1. The molecule has 1 aromatic rings. The van der Waals surface area contributed by atoms with Gasteiger partial charge in [-0.05, 0) is 6.07 Å². The molecule has 1 amide bonds. The third-order valence-corrected chi connectivity index (χ3v) is 0.754. The molecule has 1 aromatic heterocycles. The van der Waals surface area contributed by atoms with E-state index in [0.717, 1.165) is 0 Å². The summed E-state index contributed by atoms with van der Waals surface area (Å²) in [5.74, 6) is 0.326. The van der Waals surface area contributed by atoms with Gasteiger partial charge in [0.05, 0.1) is 0 Å². The van der Waals surface area contributed by atoms with Crippen molar-refractivity contribution in [3.05, 3.63) is 18.5 Å². The lowest BCUT2D eigenvalue weighted by Gasteiger charge is -1.90. The highest BCUT2D eigenvalue weighted by Gasteiger charge is 1.85. The topological polar surface area (TPSA) is 54.9 Å². The quantitative estimate of drug-likeness (QED) is 0.646. The van der Waals surface area contributed by atoms with Crippen LogP contribution in [-0.4, -0.2) is 16.4 Å². The minimum atomic E-state index is 0.326. The van der Waals surface area contributed by atoms with Gasteiger partial charge in [0.15, 0.2) is 0 Å². The number of nitrogens with one attached hydrogen (secondary N) is 1. The smallest absolute Gasteiger partial charge is 0.229 e. The van der Waals surface area contributed by atoms with E-state index in [2.05, 4.69) is 15.3 Å². The summed E-state index contributed by atoms with van der Waals surface area (Å²) in [6.07, 6.45) is 3.65. The van der Waals surface area contributed by atoms with Gasteiger partial charge in [0, 0.05) is 12.4 Å². The molecule has 11 heavy (non-hydrogen) atoms. The molecule has 0 saturated heterocycles. The molecule has 0 saturated carbocycles. The number of nitrogens with zero attached hydrogens (tertiary/aromatic N) is 2. The molecule has 1 heterocycles. The van der Waals surface area contributed by atoms with Crippen molar-refractivity contribution in [1.29, 1.82) is 0 Å². The zero-order valence-corrected chi connectivity index (χ0v) is 6.61. The van der Waals surface area contributed by atoms with Gasteiger partial charge in [-0.2, -0.15) is 0 Å². The zero-order valence-electron chi connectivity index (χ0n) is 6.61. The summed E-state index contributed by atoms with van der Waals surface area (Å²) in [4.78, 5) is 17.2. The van der Waals surface area contributed by atoms with Gasteiger partial charge in [0.1, 0.15) is 0 Å². The molecule has 0 atom stereocenters. The van der Waals surface area contributed by atoms with Crippen LogP contribution in [0.25, 0.3) is 0 Å². The second-order valence-corrected chi connectivity index (χ2v) is 1.33. The van der Waals surface area contributed by atoms with E-state index in [-0.39, 0.29) is 0 Å². The first-order chi connectivity index (χ1) is 5.43. The average Bonchev–Trinajstić information content (AvgIpc) is 2.11. The van der Waals surface area contributed by atoms with Crippen molar-refractivity contribution in [3.8, 4) is 0 Å². The zero-order chi connectivity index (χ0) is 8.53. The van der Waals surface area contributed by atoms with E-state index in [1.807, 2.05) is 13.8 Å². The second-order valence-electron chi connectivity index (χ2n) is 1.33. The predicted octanol–water partition coefficient (Wildman–Crippen LogP) is 1.07. The lowest BCUT2D eigenvalue weighted by atomic mass is 10.7. The van der Waals surface area contributed by atoms with Gasteiger partial charge in [-0.25, -0.2) is 9.97 Å². The van der Waals surface area contributed by atoms with Crippen LogP contribution in [0.4, 0.5) is 5.95 Å². The molecule has 0 aromatic carbocycles. The van der Waals surface area contributed by atoms with Crippen LogP contribution < -0.4 is 5.32 Å². The molecule has 4 nitrogen and oxygen atoms in total. The Hall–Kier alpha value is -1.45. The Morgan fingerprint density at radius 1 is 1.36 bits per heavy atom. The summed E-state index contributed by atoms with van der Waals surface area (Å²) in [6, 6.07) is 1.68. The standard InChI is InChI=1S/C5H5N3O.C2H6/c9-4-8-5-6-2-1-3-7-5;1-2/h1-4H,(H,6,7,8,9);1-2H3. The van der Waals surface area contributed by atoms with E-state index in [1.165, 1.54) is 0 Å². The predicted molar refractivity (Wildman–Crippen MR) is 43.1 cm³/mol. The van der Waals surface area contributed by atoms with Crippen LogP contribution in [0.3, 0.4) is 0 Å². The van der Waals surface area contributed by atoms with Crippen molar-refractivity contribution < 1.29 is 4.79 Å². The van der Waals surface area contributed by atoms with E-state index in [0.29, 0.717) is 12.4 Å². The number of aromatic nitrogens is 2. The first-order valence-electron chi connectivity index (χ1n) is 3.40. The number of hydrogen-bond donors (Lipinski definition) is 1. The van der Waals surface area contributed by atoms with Crippen molar-refractivity contribution in [2.45, 2.75) is 13.8 Å². The number of carbonyl (C=O) groups excluding carboxylic acids is 1. The highest BCUT2D eigenvalue weighted by molar-refractivity contribution is 5.66. The van der Waals surface area contributed by atoms with E-state index in [9.17, 15) is 4.79 Å². The Labute approximate surface area is 65.7 Å². The highest BCUT2D eigenvalue weighted by Crippen LogP contribution is 1.89. The van der Waals surface area contributed by atoms with Gasteiger partial charge in [0.2, 0.25) is 12.4 Å². The van der Waals surface area contributed by atoms with Crippen LogP contribution in [0.15, 0.2) is 18.5 Å². The summed E-state index contributed by atoms with van der Waals surface area (Å²) < 4.78 is 0. The summed E-state index contributed by atoms with van der Waals surface area (Å²) in [6.45, 7) is 4.00. The van der Waals surface area contributed by atoms with Gasteiger partial charge in [-0.1, -0.05) is 13.8 Å². The molecule has 4 heteroatoms. The first kappa shape index (κ1) is 9.55. The van der Waals surface area contributed by atoms with Crippen molar-refractivity contribution >= 4 is 12.4 Å². The maximum absolute atomic E-state index is 9.78. The second kappa shape index (κ2) is 6.67. The number of rotatable bonds is 2. The molecule has 0 fully saturated rings. The molecule has 0 unspecified atom stereocenters. The van der Waals surface area contributed by atoms with Crippen molar-refractivity contribution in [2.75, 3.05) is 5.32 Å². The van der Waals surface area contributed by atoms with E-state index < -0.39 is 0 Å². The molecule has 1 N–H and O–H groups in total. The van der Waals surface area contributed by atoms with Crippen LogP contribution in [0, 0.1) is 0 Å². The van der Waals surface area contributed by atoms with Crippen molar-refractivity contribution in [1.82, 2.24) is 9.97 Å². The van der Waals surface area contributed by atoms with Crippen LogP contribution in [0.1, 0.15) is 13.8 Å². The molecule has 0 aliphatic heterocycles. The SMILES string of the molecule is CC.O=CNc1ncccn1. The molecule has 60 valence electrons. The third-order valence-electron chi connectivity index (χ3n) is 0.754. The largest absolute Gasteiger partial charge is 0.297 e. The third kappa shape index (κ3) is 4.02. The van der Waals surface area contributed by atoms with Gasteiger partial charge in [-0.3, -0.25) is 10.1 Å². The lowest BCUT2D eigenvalue weighted by Crippen LogP contribution is -1.97. The van der Waals surface area contributed by atoms with Crippen LogP contribution >= 0.6 is 0 Å². The Morgan fingerprint density at radius 3 is 2.36 bits per heavy atom. The van der Waals surface area contributed by atoms with E-state index in [1.54, 1.807) is 18.5 Å². The monoisotopic (exact) mass is 153 g/mol. The minimum absolute atomic E-state index is 0.326. The molecule has 0 aliphatic rings. The number of anilines is 1. The van der Waals surface area contributed by atoms with E-state index in [4.69, 9.17) is 0 Å². The van der Waals surface area contributed by atoms with Crippen molar-refractivity contribution in [3.63, 3.8) is 0 Å². The number of amides is 1. The van der Waals surface area contributed by atoms with Crippen LogP contribution in [0.2, 0.25) is 0 Å². The molecular formula is C7H11N3O. The molecule has 0 spiro atoms. The molecule has 0 aliphatic carbocycles. The summed E-state index contributed by atoms with van der Waals surface area (Å²) in [7, 11) is 0. The molecule has 0 radical (unpaired) electrons. The average molecular weight is 153 g/mol. The van der Waals surface area contributed by atoms with Crippen molar-refractivity contribution in [2.24, 2.45) is 0 Å². The summed E-state index contributed by atoms with van der Waals surface area (Å²) in [5.41, 5.74) is 0. The highest BCUT2D eigenvalue weighted by atomic mass is 16.1.